The Labute approximate surface area is 244 Å². The molecule has 2 aromatic heterocycles. The Kier molecular flexibility index (Phi) is 8.92. The number of benzene rings is 2. The summed E-state index contributed by atoms with van der Waals surface area (Å²) in [5.74, 6) is 0.109. The number of hydrogen-bond donors (Lipinski definition) is 1. The molecule has 2 amide bonds. The number of nitrogens with zero attached hydrogens (tertiary/aromatic N) is 4. The Hall–Kier alpha value is -3.86. The molecule has 0 bridgehead atoms. The Morgan fingerprint density at radius 2 is 1.90 bits per heavy atom. The number of carbonyl (C=O) groups is 2. The van der Waals surface area contributed by atoms with E-state index >= 15 is 0 Å². The van der Waals surface area contributed by atoms with Gasteiger partial charge in [0.2, 0.25) is 0 Å². The highest BCUT2D eigenvalue weighted by Gasteiger charge is 2.28. The normalized spacial score (nSPS) is 20.5. The minimum absolute atomic E-state index is 0.0317. The van der Waals surface area contributed by atoms with Gasteiger partial charge in [0, 0.05) is 64.0 Å². The number of carbonyl (C=O) groups excluding carboxylic acids is 2. The van der Waals surface area contributed by atoms with Crippen LogP contribution in [-0.2, 0) is 11.3 Å². The van der Waals surface area contributed by atoms with Crippen molar-refractivity contribution in [1.82, 2.24) is 19.8 Å². The molecule has 0 spiro atoms. The number of likely N-dealkylation sites (N-methyl/N-ethyl adjacent to an activating group) is 1. The number of hydrogen-bond acceptors (Lipinski definition) is 8. The molecular formula is C31H35N5O4S. The topological polar surface area (TPSA) is 96.9 Å². The second-order valence-electron chi connectivity index (χ2n) is 10.5. The Morgan fingerprint density at radius 3 is 2.66 bits per heavy atom. The summed E-state index contributed by atoms with van der Waals surface area (Å²) in [5.41, 5.74) is 2.90. The molecule has 3 atom stereocenters. The van der Waals surface area contributed by atoms with Crippen LogP contribution in [0.2, 0.25) is 0 Å². The van der Waals surface area contributed by atoms with Gasteiger partial charge >= 0.3 is 0 Å². The lowest BCUT2D eigenvalue weighted by Crippen LogP contribution is -2.46. The predicted molar refractivity (Wildman–Crippen MR) is 161 cm³/mol. The summed E-state index contributed by atoms with van der Waals surface area (Å²) in [6.45, 7) is 6.55. The SMILES string of the molecule is CO[C@@H]1CN(C)C(=O)c2ccc(NC(=O)c3nc4ccccc4s3)cc2OC[C@H](C)N(Cc2ccncc2)C[C@@H]1C. The van der Waals surface area contributed by atoms with Crippen LogP contribution in [0, 0.1) is 5.92 Å². The van der Waals surface area contributed by atoms with Crippen LogP contribution in [0.4, 0.5) is 5.69 Å². The molecule has 0 aliphatic carbocycles. The van der Waals surface area contributed by atoms with Crippen molar-refractivity contribution < 1.29 is 19.1 Å². The van der Waals surface area contributed by atoms with E-state index in [0.29, 0.717) is 35.2 Å². The zero-order chi connectivity index (χ0) is 28.9. The highest BCUT2D eigenvalue weighted by atomic mass is 32.1. The number of thiazole rings is 1. The molecule has 3 heterocycles. The molecule has 0 unspecified atom stereocenters. The first-order chi connectivity index (χ1) is 19.8. The summed E-state index contributed by atoms with van der Waals surface area (Å²) in [6, 6.07) is 16.9. The van der Waals surface area contributed by atoms with Gasteiger partial charge in [-0.1, -0.05) is 19.1 Å². The molecule has 1 N–H and O–H groups in total. The van der Waals surface area contributed by atoms with E-state index in [1.54, 1.807) is 49.7 Å². The van der Waals surface area contributed by atoms with Gasteiger partial charge in [0.25, 0.3) is 11.8 Å². The van der Waals surface area contributed by atoms with Crippen LogP contribution >= 0.6 is 11.3 Å². The summed E-state index contributed by atoms with van der Waals surface area (Å²) in [6.07, 6.45) is 3.46. The number of anilines is 1. The van der Waals surface area contributed by atoms with E-state index in [-0.39, 0.29) is 29.9 Å². The van der Waals surface area contributed by atoms with Crippen LogP contribution in [0.5, 0.6) is 5.75 Å². The second kappa shape index (κ2) is 12.8. The zero-order valence-corrected chi connectivity index (χ0v) is 24.6. The first-order valence-electron chi connectivity index (χ1n) is 13.7. The molecule has 0 fully saturated rings. The monoisotopic (exact) mass is 573 g/mol. The number of rotatable bonds is 5. The fourth-order valence-corrected chi connectivity index (χ4v) is 5.88. The van der Waals surface area contributed by atoms with E-state index in [4.69, 9.17) is 9.47 Å². The molecule has 0 saturated heterocycles. The molecule has 5 rings (SSSR count). The van der Waals surface area contributed by atoms with Gasteiger partial charge in [-0.15, -0.1) is 11.3 Å². The maximum atomic E-state index is 13.5. The smallest absolute Gasteiger partial charge is 0.284 e. The van der Waals surface area contributed by atoms with Crippen LogP contribution < -0.4 is 10.1 Å². The van der Waals surface area contributed by atoms with Crippen molar-refractivity contribution in [2.45, 2.75) is 32.5 Å². The second-order valence-corrected chi connectivity index (χ2v) is 11.6. The van der Waals surface area contributed by atoms with Crippen molar-refractivity contribution >= 4 is 39.1 Å². The molecule has 9 nitrogen and oxygen atoms in total. The van der Waals surface area contributed by atoms with Crippen LogP contribution in [0.3, 0.4) is 0 Å². The van der Waals surface area contributed by atoms with E-state index in [1.165, 1.54) is 11.3 Å². The van der Waals surface area contributed by atoms with Gasteiger partial charge in [0.15, 0.2) is 5.01 Å². The first-order valence-corrected chi connectivity index (χ1v) is 14.5. The average molecular weight is 574 g/mol. The Balaban J connectivity index is 1.42. The Morgan fingerprint density at radius 1 is 1.12 bits per heavy atom. The summed E-state index contributed by atoms with van der Waals surface area (Å²) >= 11 is 1.34. The minimum Gasteiger partial charge on any atom is -0.491 e. The van der Waals surface area contributed by atoms with Crippen LogP contribution in [0.1, 0.15) is 39.6 Å². The third-order valence-corrected chi connectivity index (χ3v) is 8.49. The predicted octanol–water partition coefficient (Wildman–Crippen LogP) is 4.95. The molecule has 1 aliphatic heterocycles. The quantitative estimate of drug-likeness (QED) is 0.361. The van der Waals surface area contributed by atoms with Gasteiger partial charge in [-0.2, -0.15) is 0 Å². The third-order valence-electron chi connectivity index (χ3n) is 7.46. The minimum atomic E-state index is -0.309. The first kappa shape index (κ1) is 28.7. The van der Waals surface area contributed by atoms with E-state index in [1.807, 2.05) is 36.4 Å². The van der Waals surface area contributed by atoms with E-state index in [0.717, 1.165) is 28.9 Å². The maximum absolute atomic E-state index is 13.5. The number of methoxy groups -OCH3 is 1. The maximum Gasteiger partial charge on any atom is 0.284 e. The number of fused-ring (bicyclic) bond motifs is 2. The third kappa shape index (κ3) is 6.73. The standard InChI is InChI=1S/C31H35N5O4S/c1-20-16-36(17-22-11-13-32-14-12-22)21(2)19-40-26-15-23(9-10-24(26)31(38)35(3)18-27(20)39-4)33-29(37)30-34-25-7-5-6-8-28(25)41-30/h5-15,20-21,27H,16-19H2,1-4H3,(H,33,37)/t20-,21-,27+/m0/s1. The van der Waals surface area contributed by atoms with E-state index in [9.17, 15) is 9.59 Å². The molecule has 4 aromatic rings. The van der Waals surface area contributed by atoms with E-state index in [2.05, 4.69) is 34.0 Å². The van der Waals surface area contributed by atoms with Gasteiger partial charge in [0.1, 0.15) is 12.4 Å². The van der Waals surface area contributed by atoms with Crippen molar-refractivity contribution in [3.8, 4) is 5.75 Å². The van der Waals surface area contributed by atoms with Crippen molar-refractivity contribution in [3.63, 3.8) is 0 Å². The number of nitrogens with one attached hydrogen (secondary N) is 1. The summed E-state index contributed by atoms with van der Waals surface area (Å²) in [4.78, 5) is 39.2. The van der Waals surface area contributed by atoms with Gasteiger partial charge in [0.05, 0.1) is 21.9 Å². The lowest BCUT2D eigenvalue weighted by atomic mass is 10.0. The van der Waals surface area contributed by atoms with Crippen LogP contribution in [0.15, 0.2) is 67.0 Å². The number of amides is 2. The summed E-state index contributed by atoms with van der Waals surface area (Å²) in [5, 5.41) is 3.30. The molecular weight excluding hydrogens is 538 g/mol. The van der Waals surface area contributed by atoms with Gasteiger partial charge in [-0.05, 0) is 54.8 Å². The fourth-order valence-electron chi connectivity index (χ4n) is 5.02. The van der Waals surface area contributed by atoms with Crippen molar-refractivity contribution in [2.75, 3.05) is 39.2 Å². The highest BCUT2D eigenvalue weighted by molar-refractivity contribution is 7.20. The summed E-state index contributed by atoms with van der Waals surface area (Å²) < 4.78 is 13.1. The van der Waals surface area contributed by atoms with Crippen molar-refractivity contribution in [2.24, 2.45) is 5.92 Å². The number of ether oxygens (including phenoxy) is 2. The van der Waals surface area contributed by atoms with E-state index < -0.39 is 0 Å². The molecule has 41 heavy (non-hydrogen) atoms. The molecule has 10 heteroatoms. The lowest BCUT2D eigenvalue weighted by molar-refractivity contribution is 0.00921. The number of aromatic nitrogens is 2. The number of pyridine rings is 1. The van der Waals surface area contributed by atoms with Crippen molar-refractivity contribution in [1.29, 1.82) is 0 Å². The van der Waals surface area contributed by atoms with Crippen LogP contribution in [-0.4, -0.2) is 77.6 Å². The molecule has 1 aliphatic rings. The molecule has 214 valence electrons. The Bertz CT molecular complexity index is 1480. The number of para-hydroxylation sites is 1. The lowest BCUT2D eigenvalue weighted by Gasteiger charge is -2.36. The highest BCUT2D eigenvalue weighted by Crippen LogP contribution is 2.28. The molecule has 2 aromatic carbocycles. The van der Waals surface area contributed by atoms with Gasteiger partial charge in [-0.3, -0.25) is 19.5 Å². The largest absolute Gasteiger partial charge is 0.491 e. The fraction of sp³-hybridized carbons (Fsp3) is 0.355. The van der Waals surface area contributed by atoms with Gasteiger partial charge in [-0.25, -0.2) is 4.98 Å². The molecule has 0 radical (unpaired) electrons. The average Bonchev–Trinajstić information content (AvgIpc) is 3.43. The zero-order valence-electron chi connectivity index (χ0n) is 23.7. The molecule has 0 saturated carbocycles. The van der Waals surface area contributed by atoms with Gasteiger partial charge < -0.3 is 19.7 Å². The summed E-state index contributed by atoms with van der Waals surface area (Å²) in [7, 11) is 3.47. The van der Waals surface area contributed by atoms with Crippen molar-refractivity contribution in [3.05, 3.63) is 83.1 Å². The van der Waals surface area contributed by atoms with Crippen LogP contribution in [0.25, 0.3) is 10.2 Å².